The van der Waals surface area contributed by atoms with Gasteiger partial charge in [-0.05, 0) is 25.7 Å². The van der Waals surface area contributed by atoms with E-state index < -0.39 is 5.97 Å². The third-order valence-corrected chi connectivity index (χ3v) is 2.72. The predicted molar refractivity (Wildman–Crippen MR) is 59.6 cm³/mol. The van der Waals surface area contributed by atoms with E-state index in [1.165, 1.54) is 19.0 Å². The van der Waals surface area contributed by atoms with E-state index >= 15 is 0 Å². The monoisotopic (exact) mass is 221 g/mol. The van der Waals surface area contributed by atoms with E-state index in [9.17, 15) is 4.79 Å². The Kier molecular flexibility index (Phi) is 3.03. The SMILES string of the molecule is CCN(CC1CC1)c1cncc(C(=O)O)n1. The van der Waals surface area contributed by atoms with Crippen molar-refractivity contribution in [3.63, 3.8) is 0 Å². The van der Waals surface area contributed by atoms with Crippen molar-refractivity contribution in [1.82, 2.24) is 9.97 Å². The highest BCUT2D eigenvalue weighted by atomic mass is 16.4. The molecule has 1 aliphatic carbocycles. The molecule has 1 fully saturated rings. The largest absolute Gasteiger partial charge is 0.476 e. The fourth-order valence-electron chi connectivity index (χ4n) is 1.61. The fraction of sp³-hybridized carbons (Fsp3) is 0.545. The molecule has 0 amide bonds. The topological polar surface area (TPSA) is 66.3 Å². The molecule has 1 heterocycles. The minimum atomic E-state index is -1.03. The first-order valence-corrected chi connectivity index (χ1v) is 5.51. The summed E-state index contributed by atoms with van der Waals surface area (Å²) in [6.45, 7) is 3.82. The molecule has 1 saturated carbocycles. The second kappa shape index (κ2) is 4.47. The summed E-state index contributed by atoms with van der Waals surface area (Å²) in [6.07, 6.45) is 5.43. The van der Waals surface area contributed by atoms with Crippen LogP contribution in [0.5, 0.6) is 0 Å². The van der Waals surface area contributed by atoms with Crippen LogP contribution in [0.4, 0.5) is 5.82 Å². The zero-order valence-corrected chi connectivity index (χ0v) is 9.26. The lowest BCUT2D eigenvalue weighted by Gasteiger charge is -2.21. The molecule has 1 N–H and O–H groups in total. The van der Waals surface area contributed by atoms with Crippen LogP contribution in [0.15, 0.2) is 12.4 Å². The molecule has 1 aliphatic rings. The molecular formula is C11H15N3O2. The minimum Gasteiger partial charge on any atom is -0.476 e. The van der Waals surface area contributed by atoms with Gasteiger partial charge in [0.05, 0.1) is 12.4 Å². The fourth-order valence-corrected chi connectivity index (χ4v) is 1.61. The van der Waals surface area contributed by atoms with Crippen molar-refractivity contribution in [2.75, 3.05) is 18.0 Å². The summed E-state index contributed by atoms with van der Waals surface area (Å²) in [5.41, 5.74) is 0.00625. The van der Waals surface area contributed by atoms with Crippen LogP contribution < -0.4 is 4.90 Å². The van der Waals surface area contributed by atoms with Crippen molar-refractivity contribution >= 4 is 11.8 Å². The number of carboxylic acids is 1. The molecule has 0 bridgehead atoms. The van der Waals surface area contributed by atoms with E-state index in [1.54, 1.807) is 6.20 Å². The highest BCUT2D eigenvalue weighted by Gasteiger charge is 2.24. The molecule has 0 unspecified atom stereocenters. The van der Waals surface area contributed by atoms with Gasteiger partial charge in [0.25, 0.3) is 0 Å². The average molecular weight is 221 g/mol. The number of aromatic carboxylic acids is 1. The van der Waals surface area contributed by atoms with E-state index in [2.05, 4.69) is 14.9 Å². The van der Waals surface area contributed by atoms with Crippen LogP contribution >= 0.6 is 0 Å². The van der Waals surface area contributed by atoms with Crippen molar-refractivity contribution in [1.29, 1.82) is 0 Å². The van der Waals surface area contributed by atoms with Crippen molar-refractivity contribution in [2.24, 2.45) is 5.92 Å². The van der Waals surface area contributed by atoms with E-state index in [0.29, 0.717) is 5.82 Å². The summed E-state index contributed by atoms with van der Waals surface area (Å²) in [6, 6.07) is 0. The lowest BCUT2D eigenvalue weighted by molar-refractivity contribution is 0.0690. The molecule has 2 rings (SSSR count). The number of anilines is 1. The third-order valence-electron chi connectivity index (χ3n) is 2.72. The molecule has 5 heteroatoms. The standard InChI is InChI=1S/C11H15N3O2/c1-2-14(7-8-3-4-8)10-6-12-5-9(13-10)11(15)16/h5-6,8H,2-4,7H2,1H3,(H,15,16). The Labute approximate surface area is 94.1 Å². The Bertz CT molecular complexity index is 391. The number of carbonyl (C=O) groups is 1. The van der Waals surface area contributed by atoms with Crippen LogP contribution in [0, 0.1) is 5.92 Å². The van der Waals surface area contributed by atoms with Crippen LogP contribution in [0.25, 0.3) is 0 Å². The predicted octanol–water partition coefficient (Wildman–Crippen LogP) is 1.41. The minimum absolute atomic E-state index is 0.00625. The van der Waals surface area contributed by atoms with Crippen LogP contribution in [-0.2, 0) is 0 Å². The van der Waals surface area contributed by atoms with Gasteiger partial charge in [-0.1, -0.05) is 0 Å². The van der Waals surface area contributed by atoms with Crippen molar-refractivity contribution < 1.29 is 9.90 Å². The highest BCUT2D eigenvalue weighted by molar-refractivity contribution is 5.85. The maximum Gasteiger partial charge on any atom is 0.356 e. The van der Waals surface area contributed by atoms with Gasteiger partial charge in [0.1, 0.15) is 5.82 Å². The van der Waals surface area contributed by atoms with Crippen LogP contribution in [0.1, 0.15) is 30.3 Å². The van der Waals surface area contributed by atoms with Gasteiger partial charge in [0, 0.05) is 13.1 Å². The Morgan fingerprint density at radius 3 is 2.88 bits per heavy atom. The first-order valence-electron chi connectivity index (χ1n) is 5.51. The lowest BCUT2D eigenvalue weighted by Crippen LogP contribution is -2.26. The summed E-state index contributed by atoms with van der Waals surface area (Å²) in [5, 5.41) is 8.84. The van der Waals surface area contributed by atoms with Crippen molar-refractivity contribution in [2.45, 2.75) is 19.8 Å². The average Bonchev–Trinajstić information content (AvgIpc) is 3.10. The molecule has 1 aromatic rings. The summed E-state index contributed by atoms with van der Waals surface area (Å²) < 4.78 is 0. The normalized spacial score (nSPS) is 14.8. The Morgan fingerprint density at radius 2 is 2.31 bits per heavy atom. The van der Waals surface area contributed by atoms with E-state index in [-0.39, 0.29) is 5.69 Å². The zero-order chi connectivity index (χ0) is 11.5. The number of rotatable bonds is 5. The van der Waals surface area contributed by atoms with Gasteiger partial charge in [0.15, 0.2) is 5.69 Å². The first-order chi connectivity index (χ1) is 7.70. The van der Waals surface area contributed by atoms with Gasteiger partial charge in [0.2, 0.25) is 0 Å². The second-order valence-corrected chi connectivity index (χ2v) is 4.05. The molecule has 0 aliphatic heterocycles. The van der Waals surface area contributed by atoms with Gasteiger partial charge >= 0.3 is 5.97 Å². The second-order valence-electron chi connectivity index (χ2n) is 4.05. The molecule has 0 saturated heterocycles. The van der Waals surface area contributed by atoms with Gasteiger partial charge in [-0.15, -0.1) is 0 Å². The van der Waals surface area contributed by atoms with Gasteiger partial charge in [-0.3, -0.25) is 4.98 Å². The van der Waals surface area contributed by atoms with Crippen molar-refractivity contribution in [3.05, 3.63) is 18.1 Å². The van der Waals surface area contributed by atoms with Crippen LogP contribution in [0.2, 0.25) is 0 Å². The van der Waals surface area contributed by atoms with E-state index in [4.69, 9.17) is 5.11 Å². The summed E-state index contributed by atoms with van der Waals surface area (Å²) in [4.78, 5) is 20.9. The van der Waals surface area contributed by atoms with Crippen molar-refractivity contribution in [3.8, 4) is 0 Å². The molecule has 0 radical (unpaired) electrons. The quantitative estimate of drug-likeness (QED) is 0.814. The number of carboxylic acid groups (broad SMARTS) is 1. The van der Waals surface area contributed by atoms with Gasteiger partial charge in [-0.25, -0.2) is 9.78 Å². The van der Waals surface area contributed by atoms with Gasteiger partial charge in [-0.2, -0.15) is 0 Å². The smallest absolute Gasteiger partial charge is 0.356 e. The zero-order valence-electron chi connectivity index (χ0n) is 9.26. The molecule has 1 aromatic heterocycles. The maximum atomic E-state index is 10.8. The maximum absolute atomic E-state index is 10.8. The molecule has 0 spiro atoms. The lowest BCUT2D eigenvalue weighted by atomic mass is 10.3. The number of nitrogens with zero attached hydrogens (tertiary/aromatic N) is 3. The van der Waals surface area contributed by atoms with Crippen LogP contribution in [-0.4, -0.2) is 34.1 Å². The summed E-state index contributed by atoms with van der Waals surface area (Å²) in [5.74, 6) is 0.376. The molecule has 0 aromatic carbocycles. The Hall–Kier alpha value is -1.65. The van der Waals surface area contributed by atoms with E-state index in [0.717, 1.165) is 19.0 Å². The number of aromatic nitrogens is 2. The van der Waals surface area contributed by atoms with E-state index in [1.807, 2.05) is 6.92 Å². The molecule has 0 atom stereocenters. The number of hydrogen-bond acceptors (Lipinski definition) is 4. The summed E-state index contributed by atoms with van der Waals surface area (Å²) in [7, 11) is 0. The molecule has 5 nitrogen and oxygen atoms in total. The highest BCUT2D eigenvalue weighted by Crippen LogP contribution is 2.30. The first kappa shape index (κ1) is 10.9. The van der Waals surface area contributed by atoms with Gasteiger partial charge < -0.3 is 10.0 Å². The number of hydrogen-bond donors (Lipinski definition) is 1. The Morgan fingerprint density at radius 1 is 1.56 bits per heavy atom. The van der Waals surface area contributed by atoms with Crippen LogP contribution in [0.3, 0.4) is 0 Å². The third kappa shape index (κ3) is 2.48. The molecule has 16 heavy (non-hydrogen) atoms. The summed E-state index contributed by atoms with van der Waals surface area (Å²) >= 11 is 0. The Balaban J connectivity index is 2.15. The molecular weight excluding hydrogens is 206 g/mol. The molecule has 86 valence electrons.